The lowest BCUT2D eigenvalue weighted by molar-refractivity contribution is 0.168. The minimum absolute atomic E-state index is 0.546. The van der Waals surface area contributed by atoms with Crippen LogP contribution in [0.5, 0.6) is 0 Å². The first-order valence-electron chi connectivity index (χ1n) is 4.47. The quantitative estimate of drug-likeness (QED) is 0.558. The molecule has 0 aromatic heterocycles. The summed E-state index contributed by atoms with van der Waals surface area (Å²) < 4.78 is 5.40. The highest BCUT2D eigenvalue weighted by Gasteiger charge is 2.43. The molecular formula is C9H18OS. The maximum absolute atomic E-state index is 5.40. The van der Waals surface area contributed by atoms with Crippen molar-refractivity contribution in [3.05, 3.63) is 0 Å². The van der Waals surface area contributed by atoms with Gasteiger partial charge in [-0.2, -0.15) is 11.8 Å². The Balaban J connectivity index is 0.000000281. The smallest absolute Gasteiger partial charge is 0.0531 e. The number of ether oxygens (including phenoxy) is 1. The standard InChI is InChI=1S/C7H12OS.C2H6/c1-7-4-8-2-6(7)3-9-5-7;1-2/h6H,2-5H2,1H3;1-2H3. The Morgan fingerprint density at radius 3 is 2.82 bits per heavy atom. The van der Waals surface area contributed by atoms with E-state index in [0.29, 0.717) is 5.41 Å². The molecule has 66 valence electrons. The number of hydrogen-bond acceptors (Lipinski definition) is 2. The maximum atomic E-state index is 5.40. The molecule has 1 nitrogen and oxygen atoms in total. The fourth-order valence-corrected chi connectivity index (χ4v) is 3.28. The highest BCUT2D eigenvalue weighted by molar-refractivity contribution is 7.99. The molecule has 2 atom stereocenters. The van der Waals surface area contributed by atoms with Gasteiger partial charge in [0.2, 0.25) is 0 Å². The van der Waals surface area contributed by atoms with Crippen LogP contribution >= 0.6 is 11.8 Å². The predicted molar refractivity (Wildman–Crippen MR) is 51.1 cm³/mol. The Morgan fingerprint density at radius 1 is 1.45 bits per heavy atom. The van der Waals surface area contributed by atoms with Crippen molar-refractivity contribution < 1.29 is 4.74 Å². The van der Waals surface area contributed by atoms with Gasteiger partial charge in [0.05, 0.1) is 13.2 Å². The second-order valence-corrected chi connectivity index (χ2v) is 4.41. The molecule has 0 aliphatic carbocycles. The molecule has 2 fully saturated rings. The third kappa shape index (κ3) is 1.73. The van der Waals surface area contributed by atoms with Crippen molar-refractivity contribution >= 4 is 11.8 Å². The van der Waals surface area contributed by atoms with E-state index >= 15 is 0 Å². The third-order valence-electron chi connectivity index (χ3n) is 2.49. The number of fused-ring (bicyclic) bond motifs is 1. The summed E-state index contributed by atoms with van der Waals surface area (Å²) in [5, 5.41) is 0. The molecule has 0 aromatic rings. The molecule has 0 amide bonds. The average molecular weight is 174 g/mol. The molecular weight excluding hydrogens is 156 g/mol. The molecule has 2 heterocycles. The lowest BCUT2D eigenvalue weighted by Gasteiger charge is -2.18. The molecule has 2 unspecified atom stereocenters. The fraction of sp³-hybridized carbons (Fsp3) is 1.00. The van der Waals surface area contributed by atoms with Gasteiger partial charge in [-0.05, 0) is 11.7 Å². The largest absolute Gasteiger partial charge is 0.380 e. The molecule has 2 aliphatic heterocycles. The van der Waals surface area contributed by atoms with E-state index in [0.717, 1.165) is 19.1 Å². The lowest BCUT2D eigenvalue weighted by Crippen LogP contribution is -2.23. The molecule has 2 aliphatic rings. The van der Waals surface area contributed by atoms with Crippen LogP contribution in [-0.4, -0.2) is 24.7 Å². The normalized spacial score (nSPS) is 41.2. The molecule has 2 rings (SSSR count). The Kier molecular flexibility index (Phi) is 3.26. The van der Waals surface area contributed by atoms with E-state index in [1.807, 2.05) is 13.8 Å². The SMILES string of the molecule is CC.CC12COCC1CSC2. The Morgan fingerprint density at radius 2 is 2.18 bits per heavy atom. The van der Waals surface area contributed by atoms with Crippen LogP contribution in [0, 0.1) is 11.3 Å². The second kappa shape index (κ2) is 3.81. The molecule has 0 saturated carbocycles. The van der Waals surface area contributed by atoms with Gasteiger partial charge in [-0.1, -0.05) is 20.8 Å². The van der Waals surface area contributed by atoms with Gasteiger partial charge < -0.3 is 4.74 Å². The van der Waals surface area contributed by atoms with Crippen LogP contribution in [0.15, 0.2) is 0 Å². The number of rotatable bonds is 0. The summed E-state index contributed by atoms with van der Waals surface area (Å²) in [6, 6.07) is 0. The van der Waals surface area contributed by atoms with E-state index in [2.05, 4.69) is 18.7 Å². The van der Waals surface area contributed by atoms with Gasteiger partial charge in [-0.15, -0.1) is 0 Å². The van der Waals surface area contributed by atoms with Crippen LogP contribution < -0.4 is 0 Å². The topological polar surface area (TPSA) is 9.23 Å². The first-order valence-corrected chi connectivity index (χ1v) is 5.62. The fourth-order valence-electron chi connectivity index (χ4n) is 1.60. The summed E-state index contributed by atoms with van der Waals surface area (Å²) in [6.07, 6.45) is 0. The van der Waals surface area contributed by atoms with Crippen LogP contribution in [0.3, 0.4) is 0 Å². The zero-order valence-electron chi connectivity index (χ0n) is 7.72. The summed E-state index contributed by atoms with van der Waals surface area (Å²) in [6.45, 7) is 8.37. The lowest BCUT2D eigenvalue weighted by atomic mass is 9.84. The van der Waals surface area contributed by atoms with Gasteiger partial charge in [-0.25, -0.2) is 0 Å². The average Bonchev–Trinajstić information content (AvgIpc) is 2.49. The predicted octanol–water partition coefficient (Wildman–Crippen LogP) is 2.41. The summed E-state index contributed by atoms with van der Waals surface area (Å²) in [5.41, 5.74) is 0.546. The highest BCUT2D eigenvalue weighted by Crippen LogP contribution is 2.44. The van der Waals surface area contributed by atoms with Crippen LogP contribution in [0.2, 0.25) is 0 Å². The van der Waals surface area contributed by atoms with Crippen molar-refractivity contribution in [2.75, 3.05) is 24.7 Å². The molecule has 0 spiro atoms. The maximum Gasteiger partial charge on any atom is 0.0531 e. The third-order valence-corrected chi connectivity index (χ3v) is 3.99. The molecule has 0 radical (unpaired) electrons. The van der Waals surface area contributed by atoms with E-state index in [-0.39, 0.29) is 0 Å². The Hall–Kier alpha value is 0.310. The van der Waals surface area contributed by atoms with Gasteiger partial charge in [0.25, 0.3) is 0 Å². The molecule has 2 heteroatoms. The van der Waals surface area contributed by atoms with E-state index < -0.39 is 0 Å². The first kappa shape index (κ1) is 9.40. The van der Waals surface area contributed by atoms with Crippen molar-refractivity contribution in [2.45, 2.75) is 20.8 Å². The van der Waals surface area contributed by atoms with Crippen LogP contribution in [0.1, 0.15) is 20.8 Å². The van der Waals surface area contributed by atoms with E-state index in [9.17, 15) is 0 Å². The van der Waals surface area contributed by atoms with E-state index in [1.165, 1.54) is 11.5 Å². The van der Waals surface area contributed by atoms with Crippen molar-refractivity contribution in [3.8, 4) is 0 Å². The van der Waals surface area contributed by atoms with Crippen molar-refractivity contribution in [1.29, 1.82) is 0 Å². The van der Waals surface area contributed by atoms with Crippen LogP contribution in [0.25, 0.3) is 0 Å². The van der Waals surface area contributed by atoms with Crippen molar-refractivity contribution in [1.82, 2.24) is 0 Å². The summed E-state index contributed by atoms with van der Waals surface area (Å²) >= 11 is 2.08. The minimum atomic E-state index is 0.546. The van der Waals surface area contributed by atoms with Gasteiger partial charge in [0, 0.05) is 11.2 Å². The molecule has 0 aromatic carbocycles. The summed E-state index contributed by atoms with van der Waals surface area (Å²) in [7, 11) is 0. The highest BCUT2D eigenvalue weighted by atomic mass is 32.2. The van der Waals surface area contributed by atoms with Gasteiger partial charge in [-0.3, -0.25) is 0 Å². The van der Waals surface area contributed by atoms with E-state index in [4.69, 9.17) is 4.74 Å². The first-order chi connectivity index (χ1) is 5.31. The zero-order valence-corrected chi connectivity index (χ0v) is 8.54. The van der Waals surface area contributed by atoms with E-state index in [1.54, 1.807) is 0 Å². The number of thioether (sulfide) groups is 1. The van der Waals surface area contributed by atoms with Gasteiger partial charge in [0.1, 0.15) is 0 Å². The second-order valence-electron chi connectivity index (χ2n) is 3.38. The number of hydrogen-bond donors (Lipinski definition) is 0. The van der Waals surface area contributed by atoms with Crippen molar-refractivity contribution in [3.63, 3.8) is 0 Å². The molecule has 0 bridgehead atoms. The Labute approximate surface area is 73.9 Å². The molecule has 2 saturated heterocycles. The Bertz CT molecular complexity index is 115. The van der Waals surface area contributed by atoms with Crippen molar-refractivity contribution in [2.24, 2.45) is 11.3 Å². The summed E-state index contributed by atoms with van der Waals surface area (Å²) in [4.78, 5) is 0. The molecule has 0 N–H and O–H groups in total. The summed E-state index contributed by atoms with van der Waals surface area (Å²) in [5.74, 6) is 3.51. The van der Waals surface area contributed by atoms with Crippen LogP contribution in [-0.2, 0) is 4.74 Å². The van der Waals surface area contributed by atoms with Gasteiger partial charge >= 0.3 is 0 Å². The molecule has 11 heavy (non-hydrogen) atoms. The van der Waals surface area contributed by atoms with Crippen LogP contribution in [0.4, 0.5) is 0 Å². The monoisotopic (exact) mass is 174 g/mol. The zero-order chi connectivity index (χ0) is 8.32. The van der Waals surface area contributed by atoms with Gasteiger partial charge in [0.15, 0.2) is 0 Å². The minimum Gasteiger partial charge on any atom is -0.380 e.